The monoisotopic (exact) mass is 275 g/mol. The number of anilines is 1. The van der Waals surface area contributed by atoms with Crippen molar-refractivity contribution in [3.8, 4) is 5.75 Å². The maximum Gasteiger partial charge on any atom is 0.347 e. The lowest BCUT2D eigenvalue weighted by atomic mass is 10.1. The molecule has 0 unspecified atom stereocenters. The third-order valence-electron chi connectivity index (χ3n) is 3.44. The van der Waals surface area contributed by atoms with Crippen molar-refractivity contribution in [1.29, 1.82) is 0 Å². The fraction of sp³-hybridized carbons (Fsp3) is 0.429. The van der Waals surface area contributed by atoms with Crippen molar-refractivity contribution in [2.45, 2.75) is 25.4 Å². The standard InChI is InChI=1S/C14H17N3O3/c15-13-8-10-11(16-14(18)17-13)2-1-3-12(10)20-9-4-6-19-7-5-9/h1-3,9H,4-8H2,(H3,15,16,17,18). The first kappa shape index (κ1) is 12.9. The molecule has 0 spiro atoms. The second kappa shape index (κ2) is 5.50. The summed E-state index contributed by atoms with van der Waals surface area (Å²) in [6.07, 6.45) is 2.31. The van der Waals surface area contributed by atoms with Crippen molar-refractivity contribution in [2.75, 3.05) is 18.5 Å². The summed E-state index contributed by atoms with van der Waals surface area (Å²) in [6.45, 7) is 1.44. The predicted molar refractivity (Wildman–Crippen MR) is 75.3 cm³/mol. The number of amidine groups is 1. The number of nitrogens with one attached hydrogen (secondary N) is 1. The normalized spacial score (nSPS) is 19.6. The van der Waals surface area contributed by atoms with Gasteiger partial charge in [-0.2, -0.15) is 4.99 Å². The van der Waals surface area contributed by atoms with Crippen molar-refractivity contribution in [2.24, 2.45) is 10.7 Å². The van der Waals surface area contributed by atoms with E-state index in [0.717, 1.165) is 37.4 Å². The van der Waals surface area contributed by atoms with Crippen LogP contribution in [0.25, 0.3) is 0 Å². The Morgan fingerprint density at radius 3 is 2.95 bits per heavy atom. The van der Waals surface area contributed by atoms with Crippen LogP contribution in [0.15, 0.2) is 23.2 Å². The Morgan fingerprint density at radius 1 is 1.35 bits per heavy atom. The molecular formula is C14H17N3O3. The van der Waals surface area contributed by atoms with E-state index < -0.39 is 6.03 Å². The van der Waals surface area contributed by atoms with Crippen LogP contribution in [0.2, 0.25) is 0 Å². The Labute approximate surface area is 117 Å². The van der Waals surface area contributed by atoms with Gasteiger partial charge in [0.05, 0.1) is 13.2 Å². The smallest absolute Gasteiger partial charge is 0.347 e. The Morgan fingerprint density at radius 2 is 2.15 bits per heavy atom. The van der Waals surface area contributed by atoms with E-state index in [-0.39, 0.29) is 6.10 Å². The van der Waals surface area contributed by atoms with Crippen LogP contribution in [-0.4, -0.2) is 31.2 Å². The highest BCUT2D eigenvalue weighted by Gasteiger charge is 2.21. The van der Waals surface area contributed by atoms with Crippen LogP contribution in [0.4, 0.5) is 10.5 Å². The Kier molecular flexibility index (Phi) is 3.56. The van der Waals surface area contributed by atoms with E-state index in [0.29, 0.717) is 17.9 Å². The molecule has 0 saturated carbocycles. The van der Waals surface area contributed by atoms with Gasteiger partial charge in [-0.15, -0.1) is 0 Å². The van der Waals surface area contributed by atoms with E-state index in [1.165, 1.54) is 0 Å². The Balaban J connectivity index is 1.87. The molecule has 3 rings (SSSR count). The van der Waals surface area contributed by atoms with Gasteiger partial charge in [0, 0.05) is 30.5 Å². The number of urea groups is 1. The Bertz CT molecular complexity index is 551. The molecule has 2 aliphatic rings. The minimum Gasteiger partial charge on any atom is -0.490 e. The van der Waals surface area contributed by atoms with Crippen LogP contribution in [0.1, 0.15) is 18.4 Å². The topological polar surface area (TPSA) is 85.9 Å². The molecule has 1 saturated heterocycles. The molecule has 106 valence electrons. The molecule has 0 aromatic heterocycles. The highest BCUT2D eigenvalue weighted by atomic mass is 16.5. The average Bonchev–Trinajstić information content (AvgIpc) is 2.57. The molecular weight excluding hydrogens is 258 g/mol. The number of fused-ring (bicyclic) bond motifs is 1. The van der Waals surface area contributed by atoms with Gasteiger partial charge in [0.2, 0.25) is 0 Å². The van der Waals surface area contributed by atoms with Gasteiger partial charge < -0.3 is 20.5 Å². The van der Waals surface area contributed by atoms with Crippen molar-refractivity contribution in [1.82, 2.24) is 0 Å². The van der Waals surface area contributed by atoms with Gasteiger partial charge in [-0.1, -0.05) is 6.07 Å². The SMILES string of the molecule is NC1=NC(=O)Nc2cccc(OC3CCOCC3)c2C1. The molecule has 2 amide bonds. The first-order valence-corrected chi connectivity index (χ1v) is 6.72. The fourth-order valence-electron chi connectivity index (χ4n) is 2.44. The van der Waals surface area contributed by atoms with E-state index in [1.807, 2.05) is 18.2 Å². The molecule has 3 N–H and O–H groups in total. The van der Waals surface area contributed by atoms with E-state index >= 15 is 0 Å². The van der Waals surface area contributed by atoms with Crippen LogP contribution in [0, 0.1) is 0 Å². The number of aliphatic imine (C=N–C) groups is 1. The summed E-state index contributed by atoms with van der Waals surface area (Å²) in [6, 6.07) is 5.15. The van der Waals surface area contributed by atoms with Gasteiger partial charge in [-0.05, 0) is 12.1 Å². The molecule has 0 radical (unpaired) electrons. The number of hydrogen-bond donors (Lipinski definition) is 2. The van der Waals surface area contributed by atoms with Crippen LogP contribution in [0.5, 0.6) is 5.75 Å². The molecule has 6 heteroatoms. The van der Waals surface area contributed by atoms with Crippen molar-refractivity contribution >= 4 is 17.6 Å². The predicted octanol–water partition coefficient (Wildman–Crippen LogP) is 1.69. The zero-order chi connectivity index (χ0) is 13.9. The summed E-state index contributed by atoms with van der Waals surface area (Å²) in [7, 11) is 0. The van der Waals surface area contributed by atoms with Crippen LogP contribution in [-0.2, 0) is 11.2 Å². The summed E-state index contributed by atoms with van der Waals surface area (Å²) in [4.78, 5) is 15.3. The zero-order valence-electron chi connectivity index (χ0n) is 11.1. The molecule has 0 aliphatic carbocycles. The average molecular weight is 275 g/mol. The number of benzene rings is 1. The van der Waals surface area contributed by atoms with Crippen LogP contribution in [0.3, 0.4) is 0 Å². The summed E-state index contributed by atoms with van der Waals surface area (Å²) >= 11 is 0. The van der Waals surface area contributed by atoms with Crippen molar-refractivity contribution < 1.29 is 14.3 Å². The lowest BCUT2D eigenvalue weighted by Gasteiger charge is -2.25. The lowest BCUT2D eigenvalue weighted by molar-refractivity contribution is 0.0253. The molecule has 1 aromatic rings. The second-order valence-electron chi connectivity index (χ2n) is 4.92. The molecule has 1 aromatic carbocycles. The van der Waals surface area contributed by atoms with Crippen molar-refractivity contribution in [3.63, 3.8) is 0 Å². The van der Waals surface area contributed by atoms with E-state index in [2.05, 4.69) is 10.3 Å². The maximum absolute atomic E-state index is 11.5. The molecule has 0 bridgehead atoms. The maximum atomic E-state index is 11.5. The van der Waals surface area contributed by atoms with Gasteiger partial charge in [-0.25, -0.2) is 4.79 Å². The fourth-order valence-corrected chi connectivity index (χ4v) is 2.44. The third kappa shape index (κ3) is 2.75. The Hall–Kier alpha value is -2.08. The first-order valence-electron chi connectivity index (χ1n) is 6.72. The first-order chi connectivity index (χ1) is 9.72. The molecule has 20 heavy (non-hydrogen) atoms. The summed E-state index contributed by atoms with van der Waals surface area (Å²) < 4.78 is 11.4. The number of amides is 2. The number of rotatable bonds is 2. The highest BCUT2D eigenvalue weighted by molar-refractivity contribution is 6.03. The summed E-state index contributed by atoms with van der Waals surface area (Å²) in [5.41, 5.74) is 7.35. The van der Waals surface area contributed by atoms with Gasteiger partial charge in [0.15, 0.2) is 0 Å². The third-order valence-corrected chi connectivity index (χ3v) is 3.44. The quantitative estimate of drug-likeness (QED) is 0.860. The zero-order valence-corrected chi connectivity index (χ0v) is 11.1. The minimum absolute atomic E-state index is 0.146. The number of hydrogen-bond acceptors (Lipinski definition) is 4. The van der Waals surface area contributed by atoms with Gasteiger partial charge in [0.25, 0.3) is 0 Å². The number of ether oxygens (including phenoxy) is 2. The minimum atomic E-state index is -0.440. The number of nitrogens with two attached hydrogens (primary N) is 1. The van der Waals surface area contributed by atoms with Gasteiger partial charge >= 0.3 is 6.03 Å². The van der Waals surface area contributed by atoms with E-state index in [1.54, 1.807) is 0 Å². The molecule has 1 fully saturated rings. The van der Waals surface area contributed by atoms with Crippen LogP contribution < -0.4 is 15.8 Å². The van der Waals surface area contributed by atoms with Gasteiger partial charge in [0.1, 0.15) is 17.7 Å². The summed E-state index contributed by atoms with van der Waals surface area (Å²) in [5.74, 6) is 1.05. The summed E-state index contributed by atoms with van der Waals surface area (Å²) in [5, 5.41) is 2.72. The number of carbonyl (C=O) groups excluding carboxylic acids is 1. The van der Waals surface area contributed by atoms with Gasteiger partial charge in [-0.3, -0.25) is 0 Å². The lowest BCUT2D eigenvalue weighted by Crippen LogP contribution is -2.26. The largest absolute Gasteiger partial charge is 0.490 e. The van der Waals surface area contributed by atoms with Crippen LogP contribution >= 0.6 is 0 Å². The van der Waals surface area contributed by atoms with Crippen molar-refractivity contribution in [3.05, 3.63) is 23.8 Å². The highest BCUT2D eigenvalue weighted by Crippen LogP contribution is 2.30. The molecule has 2 aliphatic heterocycles. The van der Waals surface area contributed by atoms with E-state index in [9.17, 15) is 4.79 Å². The number of nitrogens with zero attached hydrogens (tertiary/aromatic N) is 1. The molecule has 2 heterocycles. The van der Waals surface area contributed by atoms with E-state index in [4.69, 9.17) is 15.2 Å². The second-order valence-corrected chi connectivity index (χ2v) is 4.92. The molecule has 0 atom stereocenters. The molecule has 6 nitrogen and oxygen atoms in total. The number of carbonyl (C=O) groups is 1.